The van der Waals surface area contributed by atoms with E-state index in [4.69, 9.17) is 10.5 Å². The van der Waals surface area contributed by atoms with Crippen molar-refractivity contribution in [2.45, 2.75) is 6.04 Å². The number of benzene rings is 1. The first kappa shape index (κ1) is 17.0. The normalized spacial score (nSPS) is 17.3. The first-order chi connectivity index (χ1) is 12.1. The van der Waals surface area contributed by atoms with E-state index in [1.54, 1.807) is 30.5 Å². The van der Waals surface area contributed by atoms with Crippen LogP contribution in [-0.4, -0.2) is 52.5 Å². The minimum atomic E-state index is -0.561. The number of carbonyl (C=O) groups excluding carboxylic acids is 2. The van der Waals surface area contributed by atoms with Crippen LogP contribution in [0.4, 0.5) is 0 Å². The number of nitrogens with two attached hydrogens (primary N) is 1. The molecule has 8 heteroatoms. The van der Waals surface area contributed by atoms with Crippen molar-refractivity contribution < 1.29 is 14.3 Å². The number of primary amides is 1. The van der Waals surface area contributed by atoms with E-state index in [9.17, 15) is 9.59 Å². The number of aryl methyl sites for hydroxylation is 1. The van der Waals surface area contributed by atoms with Gasteiger partial charge in [-0.25, -0.2) is 4.98 Å². The maximum absolute atomic E-state index is 13.0. The molecular weight excluding hydrogens is 322 g/mol. The van der Waals surface area contributed by atoms with Gasteiger partial charge < -0.3 is 25.3 Å². The second-order valence-electron chi connectivity index (χ2n) is 5.90. The monoisotopic (exact) mass is 343 g/mol. The van der Waals surface area contributed by atoms with E-state index in [-0.39, 0.29) is 18.6 Å². The highest BCUT2D eigenvalue weighted by atomic mass is 16.5. The molecule has 0 saturated carbocycles. The molecule has 1 fully saturated rings. The van der Waals surface area contributed by atoms with Crippen LogP contribution in [0, 0.1) is 0 Å². The van der Waals surface area contributed by atoms with Gasteiger partial charge in [0.05, 0.1) is 0 Å². The third-order valence-electron chi connectivity index (χ3n) is 4.12. The van der Waals surface area contributed by atoms with E-state index in [0.29, 0.717) is 24.4 Å². The summed E-state index contributed by atoms with van der Waals surface area (Å²) in [6.07, 6.45) is 3.59. The highest BCUT2D eigenvalue weighted by molar-refractivity contribution is 5.95. The largest absolute Gasteiger partial charge is 0.484 e. The number of nitrogens with zero attached hydrogens (tertiary/aromatic N) is 3. The number of imidazole rings is 1. The van der Waals surface area contributed by atoms with Crippen molar-refractivity contribution in [2.24, 2.45) is 12.8 Å². The van der Waals surface area contributed by atoms with Crippen LogP contribution < -0.4 is 15.8 Å². The zero-order valence-corrected chi connectivity index (χ0v) is 14.0. The maximum Gasteiger partial charge on any atom is 0.255 e. The lowest BCUT2D eigenvalue weighted by molar-refractivity contribution is -0.119. The minimum Gasteiger partial charge on any atom is -0.484 e. The molecule has 1 aromatic carbocycles. The molecule has 0 bridgehead atoms. The van der Waals surface area contributed by atoms with Crippen LogP contribution in [0.15, 0.2) is 36.7 Å². The summed E-state index contributed by atoms with van der Waals surface area (Å²) < 4.78 is 7.21. The first-order valence-corrected chi connectivity index (χ1v) is 8.06. The van der Waals surface area contributed by atoms with Crippen molar-refractivity contribution in [3.8, 4) is 5.75 Å². The van der Waals surface area contributed by atoms with Gasteiger partial charge >= 0.3 is 0 Å². The molecule has 0 aliphatic carbocycles. The Labute approximate surface area is 145 Å². The summed E-state index contributed by atoms with van der Waals surface area (Å²) in [6.45, 7) is 1.74. The lowest BCUT2D eigenvalue weighted by Crippen LogP contribution is -2.49. The molecule has 1 aliphatic heterocycles. The number of aromatic nitrogens is 2. The number of nitrogens with one attached hydrogen (secondary N) is 1. The molecule has 0 spiro atoms. The molecular formula is C17H21N5O3. The summed E-state index contributed by atoms with van der Waals surface area (Å²) in [6, 6.07) is 6.63. The zero-order chi connectivity index (χ0) is 17.8. The molecule has 2 heterocycles. The number of carbonyl (C=O) groups is 2. The molecule has 1 aromatic heterocycles. The van der Waals surface area contributed by atoms with Crippen molar-refractivity contribution >= 4 is 11.8 Å². The summed E-state index contributed by atoms with van der Waals surface area (Å²) in [4.78, 5) is 30.1. The molecule has 3 rings (SSSR count). The average Bonchev–Trinajstić information content (AvgIpc) is 3.05. The van der Waals surface area contributed by atoms with Crippen molar-refractivity contribution in [3.63, 3.8) is 0 Å². The van der Waals surface area contributed by atoms with E-state index in [1.165, 1.54) is 0 Å². The Morgan fingerprint density at radius 2 is 2.28 bits per heavy atom. The molecule has 0 radical (unpaired) electrons. The standard InChI is InChI=1S/C17H21N5O3/c1-21-7-6-20-16(21)14-10-19-5-8-22(14)17(24)12-3-2-4-13(9-12)25-11-15(18)23/h2-4,6-7,9,14,19H,5,8,10-11H2,1H3,(H2,18,23). The SMILES string of the molecule is Cn1ccnc1C1CNCCN1C(=O)c1cccc(OCC(N)=O)c1. The van der Waals surface area contributed by atoms with Crippen molar-refractivity contribution in [1.29, 1.82) is 0 Å². The summed E-state index contributed by atoms with van der Waals surface area (Å²) in [5.74, 6) is 0.614. The van der Waals surface area contributed by atoms with Gasteiger partial charge in [0.2, 0.25) is 0 Å². The van der Waals surface area contributed by atoms with Gasteiger partial charge in [-0.15, -0.1) is 0 Å². The van der Waals surface area contributed by atoms with Crippen LogP contribution in [0.1, 0.15) is 22.2 Å². The summed E-state index contributed by atoms with van der Waals surface area (Å²) >= 11 is 0. The minimum absolute atomic E-state index is 0.0981. The van der Waals surface area contributed by atoms with Crippen molar-refractivity contribution in [2.75, 3.05) is 26.2 Å². The van der Waals surface area contributed by atoms with Gasteiger partial charge in [0.1, 0.15) is 17.6 Å². The Morgan fingerprint density at radius 1 is 1.44 bits per heavy atom. The van der Waals surface area contributed by atoms with E-state index in [1.807, 2.05) is 22.7 Å². The average molecular weight is 343 g/mol. The fourth-order valence-electron chi connectivity index (χ4n) is 2.92. The smallest absolute Gasteiger partial charge is 0.255 e. The Kier molecular flexibility index (Phi) is 4.99. The van der Waals surface area contributed by atoms with Crippen molar-refractivity contribution in [3.05, 3.63) is 48.0 Å². The van der Waals surface area contributed by atoms with Crippen LogP contribution in [0.3, 0.4) is 0 Å². The van der Waals surface area contributed by atoms with Crippen LogP contribution >= 0.6 is 0 Å². The van der Waals surface area contributed by atoms with Crippen LogP contribution in [0.2, 0.25) is 0 Å². The predicted octanol–water partition coefficient (Wildman–Crippen LogP) is 0.0709. The number of hydrogen-bond donors (Lipinski definition) is 2. The molecule has 1 atom stereocenters. The summed E-state index contributed by atoms with van der Waals surface area (Å²) in [7, 11) is 1.91. The van der Waals surface area contributed by atoms with Gasteiger partial charge in [-0.2, -0.15) is 0 Å². The van der Waals surface area contributed by atoms with Gasteiger partial charge in [0.25, 0.3) is 11.8 Å². The predicted molar refractivity (Wildman–Crippen MR) is 91.0 cm³/mol. The van der Waals surface area contributed by atoms with E-state index >= 15 is 0 Å². The second kappa shape index (κ2) is 7.35. The topological polar surface area (TPSA) is 102 Å². The Balaban J connectivity index is 1.82. The molecule has 25 heavy (non-hydrogen) atoms. The fraction of sp³-hybridized carbons (Fsp3) is 0.353. The lowest BCUT2D eigenvalue weighted by Gasteiger charge is -2.35. The number of rotatable bonds is 5. The fourth-order valence-corrected chi connectivity index (χ4v) is 2.92. The molecule has 3 N–H and O–H groups in total. The first-order valence-electron chi connectivity index (χ1n) is 8.06. The molecule has 2 aromatic rings. The third kappa shape index (κ3) is 3.80. The van der Waals surface area contributed by atoms with E-state index in [0.717, 1.165) is 12.4 Å². The number of ether oxygens (including phenoxy) is 1. The quantitative estimate of drug-likeness (QED) is 0.800. The van der Waals surface area contributed by atoms with Gasteiger partial charge in [-0.05, 0) is 18.2 Å². The van der Waals surface area contributed by atoms with Crippen LogP contribution in [0.5, 0.6) is 5.75 Å². The Bertz CT molecular complexity index is 773. The van der Waals surface area contributed by atoms with Gasteiger partial charge in [-0.3, -0.25) is 9.59 Å². The van der Waals surface area contributed by atoms with Crippen LogP contribution in [0.25, 0.3) is 0 Å². The molecule has 2 amide bonds. The zero-order valence-electron chi connectivity index (χ0n) is 14.0. The Morgan fingerprint density at radius 3 is 3.00 bits per heavy atom. The molecule has 1 saturated heterocycles. The molecule has 8 nitrogen and oxygen atoms in total. The Hall–Kier alpha value is -2.87. The highest BCUT2D eigenvalue weighted by Gasteiger charge is 2.31. The van der Waals surface area contributed by atoms with Crippen LogP contribution in [-0.2, 0) is 11.8 Å². The van der Waals surface area contributed by atoms with Crippen molar-refractivity contribution in [1.82, 2.24) is 19.8 Å². The maximum atomic E-state index is 13.0. The van der Waals surface area contributed by atoms with Gasteiger partial charge in [0, 0.05) is 44.6 Å². The number of hydrogen-bond acceptors (Lipinski definition) is 5. The van der Waals surface area contributed by atoms with Gasteiger partial charge in [-0.1, -0.05) is 6.07 Å². The lowest BCUT2D eigenvalue weighted by atomic mass is 10.1. The van der Waals surface area contributed by atoms with E-state index < -0.39 is 5.91 Å². The summed E-state index contributed by atoms with van der Waals surface area (Å²) in [5, 5.41) is 3.31. The molecule has 132 valence electrons. The highest BCUT2D eigenvalue weighted by Crippen LogP contribution is 2.24. The molecule has 1 unspecified atom stereocenters. The number of amides is 2. The van der Waals surface area contributed by atoms with E-state index in [2.05, 4.69) is 10.3 Å². The second-order valence-corrected chi connectivity index (χ2v) is 5.90. The van der Waals surface area contributed by atoms with Gasteiger partial charge in [0.15, 0.2) is 6.61 Å². The number of piperazine rings is 1. The molecule has 1 aliphatic rings. The third-order valence-corrected chi connectivity index (χ3v) is 4.12. The summed E-state index contributed by atoms with van der Waals surface area (Å²) in [5.41, 5.74) is 5.59.